The lowest BCUT2D eigenvalue weighted by molar-refractivity contribution is -0.121. The average Bonchev–Trinajstić information content (AvgIpc) is 3.29. The Bertz CT molecular complexity index is 693. The fraction of sp³-hybridized carbons (Fsp3) is 0.450. The molecule has 1 saturated carbocycles. The quantitative estimate of drug-likeness (QED) is 0.792. The molecule has 1 fully saturated rings. The Morgan fingerprint density at radius 3 is 2.76 bits per heavy atom. The highest BCUT2D eigenvalue weighted by Crippen LogP contribution is 2.33. The molecule has 1 amide bonds. The Hall–Kier alpha value is -2.01. The van der Waals surface area contributed by atoms with Gasteiger partial charge in [0.05, 0.1) is 25.7 Å². The third-order valence-electron chi connectivity index (χ3n) is 4.58. The van der Waals surface area contributed by atoms with Gasteiger partial charge in [0.25, 0.3) is 0 Å². The number of thiophene rings is 1. The number of hydrogen-bond donors (Lipinski definition) is 1. The van der Waals surface area contributed by atoms with Gasteiger partial charge in [-0.3, -0.25) is 4.79 Å². The van der Waals surface area contributed by atoms with Crippen molar-refractivity contribution >= 4 is 17.2 Å². The van der Waals surface area contributed by atoms with Crippen molar-refractivity contribution in [3.8, 4) is 11.5 Å². The first-order chi connectivity index (χ1) is 12.2. The molecule has 0 unspecified atom stereocenters. The van der Waals surface area contributed by atoms with Gasteiger partial charge in [-0.25, -0.2) is 0 Å². The van der Waals surface area contributed by atoms with E-state index in [1.54, 1.807) is 18.4 Å². The molecule has 0 aliphatic heterocycles. The van der Waals surface area contributed by atoms with E-state index in [1.807, 2.05) is 42.6 Å². The van der Waals surface area contributed by atoms with Crippen LogP contribution < -0.4 is 14.8 Å². The minimum Gasteiger partial charge on any atom is -0.493 e. The van der Waals surface area contributed by atoms with Crippen molar-refractivity contribution in [3.63, 3.8) is 0 Å². The summed E-state index contributed by atoms with van der Waals surface area (Å²) in [5, 5.41) is 5.04. The van der Waals surface area contributed by atoms with Gasteiger partial charge in [-0.15, -0.1) is 11.3 Å². The van der Waals surface area contributed by atoms with Gasteiger partial charge < -0.3 is 14.8 Å². The topological polar surface area (TPSA) is 47.6 Å². The number of methoxy groups -OCH3 is 1. The number of nitrogens with one attached hydrogen (secondary N) is 1. The molecule has 25 heavy (non-hydrogen) atoms. The van der Waals surface area contributed by atoms with Gasteiger partial charge in [0.2, 0.25) is 5.91 Å². The second-order valence-corrected chi connectivity index (χ2v) is 7.51. The number of hydrogen-bond acceptors (Lipinski definition) is 4. The van der Waals surface area contributed by atoms with Crippen molar-refractivity contribution in [1.29, 1.82) is 0 Å². The van der Waals surface area contributed by atoms with Crippen LogP contribution in [0, 0.1) is 0 Å². The largest absolute Gasteiger partial charge is 0.493 e. The smallest absolute Gasteiger partial charge is 0.225 e. The van der Waals surface area contributed by atoms with E-state index in [9.17, 15) is 4.79 Å². The molecular weight excluding hydrogens is 334 g/mol. The van der Waals surface area contributed by atoms with Crippen LogP contribution in [0.5, 0.6) is 11.5 Å². The van der Waals surface area contributed by atoms with E-state index in [0.717, 1.165) is 34.8 Å². The van der Waals surface area contributed by atoms with E-state index in [1.165, 1.54) is 12.8 Å². The molecule has 0 bridgehead atoms. The first-order valence-corrected chi connectivity index (χ1v) is 9.70. The molecule has 1 aliphatic carbocycles. The summed E-state index contributed by atoms with van der Waals surface area (Å²) in [6.45, 7) is 1.98. The monoisotopic (exact) mass is 359 g/mol. The van der Waals surface area contributed by atoms with E-state index >= 15 is 0 Å². The van der Waals surface area contributed by atoms with Gasteiger partial charge in [-0.2, -0.15) is 0 Å². The maximum Gasteiger partial charge on any atom is 0.225 e. The van der Waals surface area contributed by atoms with E-state index in [4.69, 9.17) is 9.47 Å². The molecule has 1 N–H and O–H groups in total. The molecule has 1 aliphatic rings. The maximum absolute atomic E-state index is 12.2. The van der Waals surface area contributed by atoms with Crippen molar-refractivity contribution in [1.82, 2.24) is 5.32 Å². The molecule has 134 valence electrons. The fourth-order valence-electron chi connectivity index (χ4n) is 3.18. The molecule has 4 nitrogen and oxygen atoms in total. The third-order valence-corrected chi connectivity index (χ3v) is 5.45. The Kier molecular flexibility index (Phi) is 5.97. The molecule has 0 spiro atoms. The zero-order valence-electron chi connectivity index (χ0n) is 14.8. The van der Waals surface area contributed by atoms with E-state index in [-0.39, 0.29) is 11.9 Å². The normalized spacial score (nSPS) is 15.8. The zero-order valence-corrected chi connectivity index (χ0v) is 15.6. The zero-order chi connectivity index (χ0) is 17.6. The highest BCUT2D eigenvalue weighted by Gasteiger charge is 2.19. The van der Waals surface area contributed by atoms with Crippen LogP contribution in [0.4, 0.5) is 0 Å². The average molecular weight is 359 g/mol. The summed E-state index contributed by atoms with van der Waals surface area (Å²) in [6, 6.07) is 9.77. The van der Waals surface area contributed by atoms with Crippen molar-refractivity contribution in [2.45, 2.75) is 51.2 Å². The highest BCUT2D eigenvalue weighted by molar-refractivity contribution is 7.10. The SMILES string of the molecule is COc1cc([C@@H](C)NC(=O)Cc2cccs2)ccc1OC1CCCC1. The van der Waals surface area contributed by atoms with Crippen molar-refractivity contribution in [2.75, 3.05) is 7.11 Å². The van der Waals surface area contributed by atoms with Gasteiger partial charge in [0.15, 0.2) is 11.5 Å². The molecule has 1 atom stereocenters. The second-order valence-electron chi connectivity index (χ2n) is 6.48. The van der Waals surface area contributed by atoms with Crippen LogP contribution in [-0.2, 0) is 11.2 Å². The first-order valence-electron chi connectivity index (χ1n) is 8.82. The van der Waals surface area contributed by atoms with Crippen molar-refractivity contribution < 1.29 is 14.3 Å². The minimum atomic E-state index is -0.0816. The van der Waals surface area contributed by atoms with Gasteiger partial charge >= 0.3 is 0 Å². The lowest BCUT2D eigenvalue weighted by Gasteiger charge is -2.19. The Morgan fingerprint density at radius 2 is 2.08 bits per heavy atom. The summed E-state index contributed by atoms with van der Waals surface area (Å²) in [4.78, 5) is 13.3. The summed E-state index contributed by atoms with van der Waals surface area (Å²) in [5.41, 5.74) is 1.01. The lowest BCUT2D eigenvalue weighted by Crippen LogP contribution is -2.27. The Balaban J connectivity index is 1.63. The summed E-state index contributed by atoms with van der Waals surface area (Å²) >= 11 is 1.60. The molecule has 2 aromatic rings. The Labute approximate surface area is 153 Å². The van der Waals surface area contributed by atoms with Crippen molar-refractivity contribution in [3.05, 3.63) is 46.2 Å². The number of amides is 1. The molecule has 3 rings (SSSR count). The third kappa shape index (κ3) is 4.75. The molecule has 1 aromatic carbocycles. The highest BCUT2D eigenvalue weighted by atomic mass is 32.1. The van der Waals surface area contributed by atoms with Crippen LogP contribution in [0.15, 0.2) is 35.7 Å². The molecule has 0 radical (unpaired) electrons. The number of benzene rings is 1. The van der Waals surface area contributed by atoms with Crippen LogP contribution in [0.1, 0.15) is 49.1 Å². The molecule has 1 heterocycles. The Morgan fingerprint density at radius 1 is 1.28 bits per heavy atom. The lowest BCUT2D eigenvalue weighted by atomic mass is 10.1. The van der Waals surface area contributed by atoms with Gasteiger partial charge in [-0.1, -0.05) is 12.1 Å². The maximum atomic E-state index is 12.2. The number of rotatable bonds is 7. The van der Waals surface area contributed by atoms with Crippen LogP contribution in [0.25, 0.3) is 0 Å². The number of carbonyl (C=O) groups excluding carboxylic acids is 1. The molecule has 0 saturated heterocycles. The van der Waals surface area contributed by atoms with Gasteiger partial charge in [-0.05, 0) is 61.7 Å². The standard InChI is InChI=1S/C20H25NO3S/c1-14(21-20(22)13-17-8-5-11-25-17)15-9-10-18(19(12-15)23-2)24-16-6-3-4-7-16/h5,8-12,14,16H,3-4,6-7,13H2,1-2H3,(H,21,22)/t14-/m1/s1. The van der Waals surface area contributed by atoms with E-state index in [0.29, 0.717) is 12.5 Å². The van der Waals surface area contributed by atoms with E-state index in [2.05, 4.69) is 5.32 Å². The summed E-state index contributed by atoms with van der Waals surface area (Å²) < 4.78 is 11.6. The van der Waals surface area contributed by atoms with Crippen LogP contribution >= 0.6 is 11.3 Å². The molecular formula is C20H25NO3S. The fourth-order valence-corrected chi connectivity index (χ4v) is 3.89. The summed E-state index contributed by atoms with van der Waals surface area (Å²) in [5.74, 6) is 1.54. The van der Waals surface area contributed by atoms with Gasteiger partial charge in [0.1, 0.15) is 0 Å². The minimum absolute atomic E-state index is 0.0280. The number of ether oxygens (including phenoxy) is 2. The van der Waals surface area contributed by atoms with Crippen LogP contribution in [0.3, 0.4) is 0 Å². The van der Waals surface area contributed by atoms with Crippen LogP contribution in [0.2, 0.25) is 0 Å². The van der Waals surface area contributed by atoms with Gasteiger partial charge in [0, 0.05) is 4.88 Å². The summed E-state index contributed by atoms with van der Waals surface area (Å²) in [6.07, 6.45) is 5.40. The predicted molar refractivity (Wildman–Crippen MR) is 100 cm³/mol. The molecule has 1 aromatic heterocycles. The van der Waals surface area contributed by atoms with Crippen LogP contribution in [-0.4, -0.2) is 19.1 Å². The van der Waals surface area contributed by atoms with E-state index < -0.39 is 0 Å². The molecule has 5 heteroatoms. The second kappa shape index (κ2) is 8.39. The predicted octanol–water partition coefficient (Wildman–Crippen LogP) is 4.50. The number of carbonyl (C=O) groups is 1. The summed E-state index contributed by atoms with van der Waals surface area (Å²) in [7, 11) is 1.65. The van der Waals surface area contributed by atoms with Crippen molar-refractivity contribution in [2.24, 2.45) is 0 Å². The first kappa shape index (κ1) is 17.8.